The van der Waals surface area contributed by atoms with E-state index in [2.05, 4.69) is 41.5 Å². The highest BCUT2D eigenvalue weighted by atomic mass is 19.1. The van der Waals surface area contributed by atoms with Crippen LogP contribution in [0.1, 0.15) is 113 Å². The van der Waals surface area contributed by atoms with E-state index in [0.717, 1.165) is 34.0 Å². The molecule has 4 aromatic carbocycles. The minimum atomic E-state index is -1.27. The van der Waals surface area contributed by atoms with E-state index in [1.165, 1.54) is 24.3 Å². The smallest absolute Gasteiger partial charge is 0.338 e. The number of carboxylic acid groups (broad SMARTS) is 2. The Morgan fingerprint density at radius 2 is 0.981 bits per heavy atom. The lowest BCUT2D eigenvalue weighted by atomic mass is 10.0. The van der Waals surface area contributed by atoms with Crippen molar-refractivity contribution in [2.45, 2.75) is 87.2 Å². The van der Waals surface area contributed by atoms with Gasteiger partial charge in [-0.05, 0) is 105 Å². The maximum absolute atomic E-state index is 14.1. The van der Waals surface area contributed by atoms with Crippen LogP contribution in [-0.2, 0) is 0 Å². The molecule has 0 bridgehead atoms. The molecule has 10 heteroatoms. The highest BCUT2D eigenvalue weighted by molar-refractivity contribution is 5.89. The first-order valence-electron chi connectivity index (χ1n) is 18.2. The third-order valence-corrected chi connectivity index (χ3v) is 8.42. The molecule has 0 unspecified atom stereocenters. The number of nitrogens with zero attached hydrogens (tertiary/aromatic N) is 2. The van der Waals surface area contributed by atoms with Crippen LogP contribution in [0.25, 0.3) is 0 Å². The van der Waals surface area contributed by atoms with E-state index in [-0.39, 0.29) is 17.2 Å². The summed E-state index contributed by atoms with van der Waals surface area (Å²) in [7, 11) is 0. The maximum atomic E-state index is 14.1. The van der Waals surface area contributed by atoms with E-state index in [1.807, 2.05) is 73.9 Å². The number of rotatable bonds is 15. The van der Waals surface area contributed by atoms with Crippen LogP contribution in [0.15, 0.2) is 72.8 Å². The van der Waals surface area contributed by atoms with Crippen molar-refractivity contribution in [1.82, 2.24) is 0 Å². The van der Waals surface area contributed by atoms with Crippen molar-refractivity contribution in [3.8, 4) is 11.5 Å². The van der Waals surface area contributed by atoms with Gasteiger partial charge < -0.3 is 29.5 Å². The SMILES string of the molecule is CCN(c1ccc(C(=O)O)c(F)c1)c1ccc(C(C)C)c(OC(C)C)c1.CCN(c1ccc(C(=O)O)c(F)c1)c1ccc(C(C)C)c(OCC(C)C)c1. The highest BCUT2D eigenvalue weighted by Gasteiger charge is 2.19. The van der Waals surface area contributed by atoms with E-state index < -0.39 is 23.6 Å². The summed E-state index contributed by atoms with van der Waals surface area (Å²) in [6.07, 6.45) is 0.0464. The van der Waals surface area contributed by atoms with Crippen molar-refractivity contribution in [1.29, 1.82) is 0 Å². The van der Waals surface area contributed by atoms with E-state index in [1.54, 1.807) is 12.1 Å². The standard InChI is InChI=1S/C22H28FNO3.C21H26FNO3/c1-6-24(16-8-10-19(22(25)26)20(23)11-16)17-7-9-18(15(4)5)21(12-17)27-13-14(2)3;1-6-23(15-8-10-18(21(24)25)19(22)11-15)16-7-9-17(13(2)3)20(12-16)26-14(4)5/h7-12,14-15H,6,13H2,1-5H3,(H,25,26);7-14H,6H2,1-5H3,(H,24,25). The summed E-state index contributed by atoms with van der Waals surface area (Å²) in [6.45, 7) is 22.4. The summed E-state index contributed by atoms with van der Waals surface area (Å²) >= 11 is 0. The van der Waals surface area contributed by atoms with Gasteiger partial charge in [-0.25, -0.2) is 18.4 Å². The summed E-state index contributed by atoms with van der Waals surface area (Å²) in [5.41, 5.74) is 4.54. The molecule has 286 valence electrons. The van der Waals surface area contributed by atoms with Crippen LogP contribution in [0, 0.1) is 17.6 Å². The molecule has 0 saturated carbocycles. The van der Waals surface area contributed by atoms with Gasteiger partial charge in [-0.3, -0.25) is 0 Å². The molecule has 0 amide bonds. The molecule has 53 heavy (non-hydrogen) atoms. The highest BCUT2D eigenvalue weighted by Crippen LogP contribution is 2.36. The lowest BCUT2D eigenvalue weighted by Crippen LogP contribution is -2.17. The number of carbonyl (C=O) groups is 2. The van der Waals surface area contributed by atoms with Crippen molar-refractivity contribution in [3.05, 3.63) is 107 Å². The van der Waals surface area contributed by atoms with Crippen molar-refractivity contribution in [2.24, 2.45) is 5.92 Å². The zero-order chi connectivity index (χ0) is 39.6. The number of ether oxygens (including phenoxy) is 2. The fraction of sp³-hybridized carbons (Fsp3) is 0.395. The summed E-state index contributed by atoms with van der Waals surface area (Å²) in [4.78, 5) is 25.9. The van der Waals surface area contributed by atoms with Crippen LogP contribution < -0.4 is 19.3 Å². The Morgan fingerprint density at radius 1 is 0.604 bits per heavy atom. The zero-order valence-corrected chi connectivity index (χ0v) is 32.5. The topological polar surface area (TPSA) is 99.5 Å². The van der Waals surface area contributed by atoms with Gasteiger partial charge in [-0.15, -0.1) is 0 Å². The van der Waals surface area contributed by atoms with Gasteiger partial charge in [0.05, 0.1) is 23.8 Å². The van der Waals surface area contributed by atoms with Gasteiger partial charge >= 0.3 is 11.9 Å². The zero-order valence-electron chi connectivity index (χ0n) is 32.5. The third kappa shape index (κ3) is 11.2. The fourth-order valence-electron chi connectivity index (χ4n) is 5.79. The van der Waals surface area contributed by atoms with Gasteiger partial charge in [0, 0.05) is 48.0 Å². The molecule has 0 spiro atoms. The number of hydrogen-bond donors (Lipinski definition) is 2. The van der Waals surface area contributed by atoms with Crippen molar-refractivity contribution < 1.29 is 38.1 Å². The maximum Gasteiger partial charge on any atom is 0.338 e. The lowest BCUT2D eigenvalue weighted by molar-refractivity contribution is 0.0680. The van der Waals surface area contributed by atoms with Crippen LogP contribution >= 0.6 is 0 Å². The van der Waals surface area contributed by atoms with E-state index in [9.17, 15) is 18.4 Å². The van der Waals surface area contributed by atoms with Gasteiger partial charge in [-0.2, -0.15) is 0 Å². The number of hydrogen-bond acceptors (Lipinski definition) is 6. The molecule has 0 heterocycles. The molecule has 0 aliphatic heterocycles. The van der Waals surface area contributed by atoms with Gasteiger partial charge in [-0.1, -0.05) is 53.7 Å². The second-order valence-corrected chi connectivity index (χ2v) is 14.1. The molecule has 4 rings (SSSR count). The van der Waals surface area contributed by atoms with Gasteiger partial charge in [0.25, 0.3) is 0 Å². The first-order chi connectivity index (χ1) is 25.0. The first-order valence-corrected chi connectivity index (χ1v) is 18.2. The normalized spacial score (nSPS) is 11.1. The molecule has 0 saturated heterocycles. The molecule has 8 nitrogen and oxygen atoms in total. The molecule has 0 aliphatic rings. The molecule has 0 atom stereocenters. The van der Waals surface area contributed by atoms with Crippen LogP contribution in [0.3, 0.4) is 0 Å². The molecular weight excluding hydrogens is 678 g/mol. The third-order valence-electron chi connectivity index (χ3n) is 8.42. The van der Waals surface area contributed by atoms with Crippen molar-refractivity contribution in [2.75, 3.05) is 29.5 Å². The summed E-state index contributed by atoms with van der Waals surface area (Å²) in [6, 6.07) is 20.3. The molecule has 0 aliphatic carbocycles. The van der Waals surface area contributed by atoms with Gasteiger partial charge in [0.2, 0.25) is 0 Å². The van der Waals surface area contributed by atoms with Crippen molar-refractivity contribution >= 4 is 34.7 Å². The van der Waals surface area contributed by atoms with E-state index in [0.29, 0.717) is 48.8 Å². The molecular formula is C43H54F2N2O6. The Labute approximate surface area is 313 Å². The van der Waals surface area contributed by atoms with Crippen molar-refractivity contribution in [3.63, 3.8) is 0 Å². The number of benzene rings is 4. The van der Waals surface area contributed by atoms with Crippen LogP contribution in [0.2, 0.25) is 0 Å². The van der Waals surface area contributed by atoms with E-state index in [4.69, 9.17) is 19.7 Å². The summed E-state index contributed by atoms with van der Waals surface area (Å²) in [5, 5.41) is 18.0. The first kappa shape index (κ1) is 42.3. The van der Waals surface area contributed by atoms with Crippen LogP contribution in [0.4, 0.5) is 31.5 Å². The number of anilines is 4. The Balaban J connectivity index is 0.000000286. The number of carboxylic acids is 2. The minimum absolute atomic E-state index is 0.0464. The lowest BCUT2D eigenvalue weighted by Gasteiger charge is -2.26. The molecule has 0 fully saturated rings. The molecule has 2 N–H and O–H groups in total. The average molecular weight is 733 g/mol. The Bertz CT molecular complexity index is 1860. The second kappa shape index (κ2) is 19.1. The Hall–Kier alpha value is -5.12. The minimum Gasteiger partial charge on any atom is -0.493 e. The predicted octanol–water partition coefficient (Wildman–Crippen LogP) is 11.4. The molecule has 0 radical (unpaired) electrons. The number of halogens is 2. The Kier molecular flexibility index (Phi) is 15.2. The predicted molar refractivity (Wildman–Crippen MR) is 209 cm³/mol. The molecule has 0 aromatic heterocycles. The van der Waals surface area contributed by atoms with Gasteiger partial charge in [0.1, 0.15) is 23.1 Å². The molecule has 4 aromatic rings. The van der Waals surface area contributed by atoms with Crippen LogP contribution in [0.5, 0.6) is 11.5 Å². The fourth-order valence-corrected chi connectivity index (χ4v) is 5.79. The average Bonchev–Trinajstić information content (AvgIpc) is 3.07. The monoisotopic (exact) mass is 732 g/mol. The Morgan fingerprint density at radius 3 is 1.32 bits per heavy atom. The number of aromatic carboxylic acids is 2. The van der Waals surface area contributed by atoms with Gasteiger partial charge in [0.15, 0.2) is 0 Å². The summed E-state index contributed by atoms with van der Waals surface area (Å²) < 4.78 is 40.2. The second-order valence-electron chi connectivity index (χ2n) is 14.1. The summed E-state index contributed by atoms with van der Waals surface area (Å²) in [5.74, 6) is -1.33. The van der Waals surface area contributed by atoms with E-state index >= 15 is 0 Å². The van der Waals surface area contributed by atoms with Crippen LogP contribution in [-0.4, -0.2) is 48.0 Å². The quantitative estimate of drug-likeness (QED) is 0.125. The largest absolute Gasteiger partial charge is 0.493 e.